The molecule has 2 amide bonds. The predicted molar refractivity (Wildman–Crippen MR) is 82.2 cm³/mol. The maximum atomic E-state index is 12.8. The van der Waals surface area contributed by atoms with Gasteiger partial charge in [-0.2, -0.15) is 0 Å². The van der Waals surface area contributed by atoms with E-state index in [4.69, 9.17) is 0 Å². The molecular formula is C15H24N2O3S. The molecule has 4 atom stereocenters. The molecule has 118 valence electrons. The second-order valence-electron chi connectivity index (χ2n) is 6.52. The van der Waals surface area contributed by atoms with Crippen LogP contribution in [-0.4, -0.2) is 57.2 Å². The number of carbonyl (C=O) groups is 2. The van der Waals surface area contributed by atoms with E-state index in [1.165, 1.54) is 25.7 Å². The highest BCUT2D eigenvalue weighted by atomic mass is 32.2. The summed E-state index contributed by atoms with van der Waals surface area (Å²) in [5.41, 5.74) is 0. The van der Waals surface area contributed by atoms with E-state index in [-0.39, 0.29) is 11.4 Å². The first-order chi connectivity index (χ1) is 10.1. The monoisotopic (exact) mass is 312 g/mol. The normalized spacial score (nSPS) is 36.4. The molecule has 4 unspecified atom stereocenters. The zero-order valence-corrected chi connectivity index (χ0v) is 13.3. The van der Waals surface area contributed by atoms with Crippen molar-refractivity contribution in [1.29, 1.82) is 0 Å². The summed E-state index contributed by atoms with van der Waals surface area (Å²) in [5, 5.41) is 9.27. The number of nitrogens with zero attached hydrogens (tertiary/aromatic N) is 2. The minimum Gasteiger partial charge on any atom is -0.480 e. The average Bonchev–Trinajstić information content (AvgIpc) is 2.88. The van der Waals surface area contributed by atoms with Crippen LogP contribution < -0.4 is 0 Å². The van der Waals surface area contributed by atoms with Crippen LogP contribution in [0.4, 0.5) is 4.79 Å². The number of thioether (sulfide) groups is 1. The van der Waals surface area contributed by atoms with Gasteiger partial charge in [-0.1, -0.05) is 19.3 Å². The van der Waals surface area contributed by atoms with Crippen LogP contribution in [0, 0.1) is 11.8 Å². The Hall–Kier alpha value is -0.910. The Bertz CT molecular complexity index is 431. The maximum absolute atomic E-state index is 12.8. The number of urea groups is 1. The molecule has 1 aliphatic carbocycles. The number of hydrogen-bond donors (Lipinski definition) is 1. The van der Waals surface area contributed by atoms with Crippen LogP contribution in [0.5, 0.6) is 0 Å². The molecule has 2 aliphatic heterocycles. The Morgan fingerprint density at radius 3 is 2.57 bits per heavy atom. The predicted octanol–water partition coefficient (Wildman–Crippen LogP) is 2.47. The molecule has 0 bridgehead atoms. The lowest BCUT2D eigenvalue weighted by Crippen LogP contribution is -2.54. The van der Waals surface area contributed by atoms with Crippen molar-refractivity contribution in [2.45, 2.75) is 50.4 Å². The van der Waals surface area contributed by atoms with Crippen molar-refractivity contribution in [1.82, 2.24) is 9.80 Å². The second-order valence-corrected chi connectivity index (χ2v) is 7.86. The summed E-state index contributed by atoms with van der Waals surface area (Å²) in [5.74, 6) is 1.03. The number of amides is 2. The summed E-state index contributed by atoms with van der Waals surface area (Å²) in [6.07, 6.45) is 6.22. The first-order valence-corrected chi connectivity index (χ1v) is 9.04. The smallest absolute Gasteiger partial charge is 0.327 e. The third-order valence-corrected chi connectivity index (χ3v) is 6.51. The van der Waals surface area contributed by atoms with E-state index in [9.17, 15) is 14.7 Å². The Morgan fingerprint density at radius 2 is 1.86 bits per heavy atom. The minimum absolute atomic E-state index is 0.0392. The van der Waals surface area contributed by atoms with Crippen LogP contribution in [0.2, 0.25) is 0 Å². The molecule has 0 aromatic rings. The molecule has 21 heavy (non-hydrogen) atoms. The molecule has 0 radical (unpaired) electrons. The number of carbonyl (C=O) groups excluding carboxylic acids is 1. The zero-order chi connectivity index (χ0) is 15.0. The third-order valence-electron chi connectivity index (χ3n) is 5.29. The summed E-state index contributed by atoms with van der Waals surface area (Å²) < 4.78 is 0. The first kappa shape index (κ1) is 15.0. The number of rotatable bonds is 1. The molecule has 1 saturated carbocycles. The molecule has 2 heterocycles. The van der Waals surface area contributed by atoms with Crippen molar-refractivity contribution in [2.24, 2.45) is 11.8 Å². The fourth-order valence-electron chi connectivity index (χ4n) is 4.06. The van der Waals surface area contributed by atoms with Gasteiger partial charge in [0.25, 0.3) is 0 Å². The fraction of sp³-hybridized carbons (Fsp3) is 0.867. The van der Waals surface area contributed by atoms with Crippen LogP contribution in [0.15, 0.2) is 0 Å². The number of fused-ring (bicyclic) bond motifs is 1. The molecule has 6 heteroatoms. The number of carboxylic acids is 1. The lowest BCUT2D eigenvalue weighted by molar-refractivity contribution is -0.141. The lowest BCUT2D eigenvalue weighted by Gasteiger charge is -2.43. The summed E-state index contributed by atoms with van der Waals surface area (Å²) in [4.78, 5) is 27.6. The third kappa shape index (κ3) is 2.87. The number of piperidine rings is 1. The maximum Gasteiger partial charge on any atom is 0.327 e. The van der Waals surface area contributed by atoms with E-state index >= 15 is 0 Å². The van der Waals surface area contributed by atoms with Gasteiger partial charge in [-0.25, -0.2) is 9.59 Å². The Labute approximate surface area is 130 Å². The topological polar surface area (TPSA) is 60.9 Å². The Kier molecular flexibility index (Phi) is 4.33. The van der Waals surface area contributed by atoms with Crippen LogP contribution in [0.1, 0.15) is 39.0 Å². The SMILES string of the molecule is CC1SCC(C(=O)O)N1C(=O)N1CCC2CCCCC2C1. The molecule has 0 aromatic carbocycles. The van der Waals surface area contributed by atoms with Crippen LogP contribution in [0.25, 0.3) is 0 Å². The van der Waals surface area contributed by atoms with Crippen LogP contribution >= 0.6 is 11.8 Å². The van der Waals surface area contributed by atoms with Gasteiger partial charge in [-0.15, -0.1) is 11.8 Å². The van der Waals surface area contributed by atoms with Gasteiger partial charge in [0.1, 0.15) is 6.04 Å². The van der Waals surface area contributed by atoms with Crippen molar-refractivity contribution >= 4 is 23.8 Å². The molecule has 1 N–H and O–H groups in total. The highest BCUT2D eigenvalue weighted by molar-refractivity contribution is 8.00. The number of hydrogen-bond acceptors (Lipinski definition) is 3. The van der Waals surface area contributed by atoms with E-state index in [0.29, 0.717) is 11.7 Å². The van der Waals surface area contributed by atoms with Gasteiger partial charge in [0.05, 0.1) is 5.37 Å². The van der Waals surface area contributed by atoms with Crippen molar-refractivity contribution in [3.05, 3.63) is 0 Å². The van der Waals surface area contributed by atoms with E-state index < -0.39 is 12.0 Å². The molecular weight excluding hydrogens is 288 g/mol. The molecule has 5 nitrogen and oxygen atoms in total. The van der Waals surface area contributed by atoms with E-state index in [1.807, 2.05) is 11.8 Å². The van der Waals surface area contributed by atoms with Crippen molar-refractivity contribution in [3.8, 4) is 0 Å². The van der Waals surface area contributed by atoms with Gasteiger partial charge in [-0.05, 0) is 31.6 Å². The van der Waals surface area contributed by atoms with Crippen molar-refractivity contribution in [3.63, 3.8) is 0 Å². The largest absolute Gasteiger partial charge is 0.480 e. The molecule has 3 fully saturated rings. The molecule has 3 aliphatic rings. The standard InChI is InChI=1S/C15H24N2O3S/c1-10-17(13(9-21-10)14(18)19)15(20)16-7-6-11-4-2-3-5-12(11)8-16/h10-13H,2-9H2,1H3,(H,18,19). The zero-order valence-electron chi connectivity index (χ0n) is 12.5. The summed E-state index contributed by atoms with van der Waals surface area (Å²) in [7, 11) is 0. The highest BCUT2D eigenvalue weighted by Crippen LogP contribution is 2.37. The van der Waals surface area contributed by atoms with Crippen LogP contribution in [0.3, 0.4) is 0 Å². The van der Waals surface area contributed by atoms with E-state index in [0.717, 1.165) is 25.4 Å². The van der Waals surface area contributed by atoms with Crippen molar-refractivity contribution in [2.75, 3.05) is 18.8 Å². The second kappa shape index (κ2) is 6.07. The van der Waals surface area contributed by atoms with Crippen molar-refractivity contribution < 1.29 is 14.7 Å². The van der Waals surface area contributed by atoms with E-state index in [1.54, 1.807) is 16.7 Å². The Balaban J connectivity index is 1.68. The van der Waals surface area contributed by atoms with Crippen LogP contribution in [-0.2, 0) is 4.79 Å². The number of carboxylic acid groups (broad SMARTS) is 1. The summed E-state index contributed by atoms with van der Waals surface area (Å²) >= 11 is 1.55. The average molecular weight is 312 g/mol. The summed E-state index contributed by atoms with van der Waals surface area (Å²) in [6.45, 7) is 3.54. The Morgan fingerprint density at radius 1 is 1.14 bits per heavy atom. The van der Waals surface area contributed by atoms with E-state index in [2.05, 4.69) is 0 Å². The highest BCUT2D eigenvalue weighted by Gasteiger charge is 2.43. The quantitative estimate of drug-likeness (QED) is 0.808. The number of likely N-dealkylation sites (tertiary alicyclic amines) is 1. The molecule has 2 saturated heterocycles. The molecule has 3 rings (SSSR count). The van der Waals surface area contributed by atoms with Gasteiger partial charge in [0.2, 0.25) is 0 Å². The summed E-state index contributed by atoms with van der Waals surface area (Å²) in [6, 6.07) is -0.731. The number of aliphatic carboxylic acids is 1. The van der Waals surface area contributed by atoms with Gasteiger partial charge >= 0.3 is 12.0 Å². The van der Waals surface area contributed by atoms with Gasteiger partial charge in [0.15, 0.2) is 0 Å². The van der Waals surface area contributed by atoms with Gasteiger partial charge in [0, 0.05) is 18.8 Å². The van der Waals surface area contributed by atoms with Gasteiger partial charge in [-0.3, -0.25) is 4.90 Å². The molecule has 0 spiro atoms. The minimum atomic E-state index is -0.882. The first-order valence-electron chi connectivity index (χ1n) is 7.99. The molecule has 0 aromatic heterocycles. The fourth-order valence-corrected chi connectivity index (χ4v) is 5.22. The lowest BCUT2D eigenvalue weighted by atomic mass is 9.75. The van der Waals surface area contributed by atoms with Gasteiger partial charge < -0.3 is 10.0 Å².